The van der Waals surface area contributed by atoms with Crippen molar-refractivity contribution in [3.8, 4) is 5.75 Å². The maximum Gasteiger partial charge on any atom is 0.397 e. The summed E-state index contributed by atoms with van der Waals surface area (Å²) in [7, 11) is -4.43. The average molecular weight is 248 g/mol. The molecule has 0 heterocycles. The first-order valence-corrected chi connectivity index (χ1v) is 5.64. The minimum Gasteiger partial charge on any atom is -0.489 e. The molecule has 0 unspecified atom stereocenters. The molecule has 90 valence electrons. The van der Waals surface area contributed by atoms with Gasteiger partial charge in [-0.05, 0) is 18.2 Å². The van der Waals surface area contributed by atoms with Crippen molar-refractivity contribution in [2.45, 2.75) is 0 Å². The van der Waals surface area contributed by atoms with E-state index in [1.54, 1.807) is 12.1 Å². The second-order valence-electron chi connectivity index (χ2n) is 2.90. The van der Waals surface area contributed by atoms with Crippen molar-refractivity contribution in [1.29, 1.82) is 0 Å². The van der Waals surface area contributed by atoms with Crippen LogP contribution < -0.4 is 16.2 Å². The molecule has 1 rings (SSSR count). The Balaban J connectivity index is 2.43. The van der Waals surface area contributed by atoms with E-state index in [9.17, 15) is 8.42 Å². The zero-order chi connectivity index (χ0) is 12.2. The molecule has 0 aliphatic heterocycles. The lowest BCUT2D eigenvalue weighted by Crippen LogP contribution is -2.12. The van der Waals surface area contributed by atoms with E-state index < -0.39 is 10.4 Å². The molecule has 0 saturated heterocycles. The smallest absolute Gasteiger partial charge is 0.397 e. The SMILES string of the molecule is Nc1ccc(OCCOS(=O)(=O)O)c(N)c1. The molecule has 7 nitrogen and oxygen atoms in total. The third kappa shape index (κ3) is 4.34. The van der Waals surface area contributed by atoms with Crippen molar-refractivity contribution in [3.05, 3.63) is 18.2 Å². The highest BCUT2D eigenvalue weighted by atomic mass is 32.3. The molecule has 0 bridgehead atoms. The Labute approximate surface area is 92.9 Å². The van der Waals surface area contributed by atoms with Crippen LogP contribution in [0, 0.1) is 0 Å². The van der Waals surface area contributed by atoms with Gasteiger partial charge in [-0.25, -0.2) is 4.18 Å². The second-order valence-corrected chi connectivity index (χ2v) is 3.99. The lowest BCUT2D eigenvalue weighted by Gasteiger charge is -2.08. The summed E-state index contributed by atoms with van der Waals surface area (Å²) in [5.74, 6) is 0.369. The van der Waals surface area contributed by atoms with Gasteiger partial charge in [0.2, 0.25) is 0 Å². The van der Waals surface area contributed by atoms with E-state index in [1.165, 1.54) is 6.07 Å². The maximum absolute atomic E-state index is 10.2. The summed E-state index contributed by atoms with van der Waals surface area (Å²) >= 11 is 0. The largest absolute Gasteiger partial charge is 0.489 e. The van der Waals surface area contributed by atoms with Gasteiger partial charge in [0.15, 0.2) is 0 Å². The standard InChI is InChI=1S/C8H12N2O5S/c9-6-1-2-8(7(10)5-6)14-3-4-15-16(11,12)13/h1-2,5H,3-4,9-10H2,(H,11,12,13). The summed E-state index contributed by atoms with van der Waals surface area (Å²) in [5, 5.41) is 0. The van der Waals surface area contributed by atoms with Crippen molar-refractivity contribution in [2.24, 2.45) is 0 Å². The fraction of sp³-hybridized carbons (Fsp3) is 0.250. The molecule has 1 aromatic carbocycles. The number of rotatable bonds is 5. The van der Waals surface area contributed by atoms with Gasteiger partial charge in [0.1, 0.15) is 19.0 Å². The van der Waals surface area contributed by atoms with Gasteiger partial charge in [-0.15, -0.1) is 0 Å². The van der Waals surface area contributed by atoms with Crippen LogP contribution in [0.2, 0.25) is 0 Å². The first-order valence-electron chi connectivity index (χ1n) is 4.28. The Morgan fingerprint density at radius 2 is 1.94 bits per heavy atom. The number of nitrogens with two attached hydrogens (primary N) is 2. The highest BCUT2D eigenvalue weighted by Crippen LogP contribution is 2.23. The highest BCUT2D eigenvalue weighted by Gasteiger charge is 2.05. The van der Waals surface area contributed by atoms with Crippen molar-refractivity contribution in [2.75, 3.05) is 24.7 Å². The number of anilines is 2. The lowest BCUT2D eigenvalue weighted by molar-refractivity contribution is 0.202. The number of hydrogen-bond donors (Lipinski definition) is 3. The molecule has 8 heteroatoms. The van der Waals surface area contributed by atoms with E-state index in [0.717, 1.165) is 0 Å². The van der Waals surface area contributed by atoms with Crippen LogP contribution in [0.4, 0.5) is 11.4 Å². The third-order valence-corrected chi connectivity index (χ3v) is 2.07. The number of benzene rings is 1. The van der Waals surface area contributed by atoms with Crippen molar-refractivity contribution in [1.82, 2.24) is 0 Å². The van der Waals surface area contributed by atoms with Gasteiger partial charge in [0.05, 0.1) is 5.69 Å². The molecule has 0 fully saturated rings. The van der Waals surface area contributed by atoms with Crippen molar-refractivity contribution in [3.63, 3.8) is 0 Å². The first-order chi connectivity index (χ1) is 7.38. The van der Waals surface area contributed by atoms with Crippen LogP contribution in [0.3, 0.4) is 0 Å². The molecule has 1 aromatic rings. The summed E-state index contributed by atoms with van der Waals surface area (Å²) in [5.41, 5.74) is 11.9. The highest BCUT2D eigenvalue weighted by molar-refractivity contribution is 7.80. The Hall–Kier alpha value is -1.51. The molecular weight excluding hydrogens is 236 g/mol. The molecule has 0 aliphatic rings. The molecule has 0 amide bonds. The minimum absolute atomic E-state index is 0.0616. The summed E-state index contributed by atoms with van der Waals surface area (Å²) in [6.45, 7) is -0.365. The van der Waals surface area contributed by atoms with Gasteiger partial charge in [0, 0.05) is 5.69 Å². The van der Waals surface area contributed by atoms with Crippen LogP contribution in [0.15, 0.2) is 18.2 Å². The minimum atomic E-state index is -4.43. The summed E-state index contributed by atoms with van der Waals surface area (Å²) in [6, 6.07) is 4.66. The Morgan fingerprint density at radius 3 is 2.50 bits per heavy atom. The Morgan fingerprint density at radius 1 is 1.25 bits per heavy atom. The monoisotopic (exact) mass is 248 g/mol. The van der Waals surface area contributed by atoms with Gasteiger partial charge in [-0.2, -0.15) is 8.42 Å². The summed E-state index contributed by atoms with van der Waals surface area (Å²) in [6.07, 6.45) is 0. The van der Waals surface area contributed by atoms with Crippen LogP contribution in [-0.2, 0) is 14.6 Å². The van der Waals surface area contributed by atoms with Crippen LogP contribution in [0.1, 0.15) is 0 Å². The van der Waals surface area contributed by atoms with Crippen LogP contribution in [0.25, 0.3) is 0 Å². The van der Waals surface area contributed by atoms with Crippen LogP contribution in [-0.4, -0.2) is 26.2 Å². The topological polar surface area (TPSA) is 125 Å². The molecule has 0 spiro atoms. The summed E-state index contributed by atoms with van der Waals surface area (Å²) < 4.78 is 37.8. The average Bonchev–Trinajstić information content (AvgIpc) is 2.13. The number of ether oxygens (including phenoxy) is 1. The van der Waals surface area contributed by atoms with Gasteiger partial charge < -0.3 is 16.2 Å². The molecule has 0 aliphatic carbocycles. The van der Waals surface area contributed by atoms with Gasteiger partial charge in [0.25, 0.3) is 0 Å². The molecule has 0 atom stereocenters. The van der Waals surface area contributed by atoms with E-state index in [4.69, 9.17) is 20.8 Å². The zero-order valence-corrected chi connectivity index (χ0v) is 9.11. The zero-order valence-electron chi connectivity index (χ0n) is 8.29. The number of nitrogen functional groups attached to an aromatic ring is 2. The van der Waals surface area contributed by atoms with E-state index in [1.807, 2.05) is 0 Å². The molecule has 0 saturated carbocycles. The summed E-state index contributed by atoms with van der Waals surface area (Å²) in [4.78, 5) is 0. The molecule has 0 radical (unpaired) electrons. The van der Waals surface area contributed by atoms with Gasteiger partial charge in [-0.3, -0.25) is 4.55 Å². The molecular formula is C8H12N2O5S. The third-order valence-electron chi connectivity index (χ3n) is 1.61. The first kappa shape index (κ1) is 12.6. The normalized spacial score (nSPS) is 11.3. The van der Waals surface area contributed by atoms with Crippen molar-refractivity contribution < 1.29 is 21.9 Å². The molecule has 5 N–H and O–H groups in total. The Kier molecular flexibility index (Phi) is 3.93. The van der Waals surface area contributed by atoms with E-state index in [0.29, 0.717) is 17.1 Å². The van der Waals surface area contributed by atoms with Crippen LogP contribution in [0.5, 0.6) is 5.75 Å². The predicted molar refractivity (Wildman–Crippen MR) is 58.3 cm³/mol. The van der Waals surface area contributed by atoms with E-state index in [-0.39, 0.29) is 13.2 Å². The fourth-order valence-electron chi connectivity index (χ4n) is 0.989. The van der Waals surface area contributed by atoms with Gasteiger partial charge >= 0.3 is 10.4 Å². The molecule has 0 aromatic heterocycles. The van der Waals surface area contributed by atoms with E-state index in [2.05, 4.69) is 4.18 Å². The van der Waals surface area contributed by atoms with Crippen LogP contribution >= 0.6 is 0 Å². The molecule has 16 heavy (non-hydrogen) atoms. The lowest BCUT2D eigenvalue weighted by atomic mass is 10.2. The number of hydrogen-bond acceptors (Lipinski definition) is 6. The maximum atomic E-state index is 10.2. The van der Waals surface area contributed by atoms with Crippen molar-refractivity contribution >= 4 is 21.8 Å². The van der Waals surface area contributed by atoms with E-state index >= 15 is 0 Å². The second kappa shape index (κ2) is 5.01. The predicted octanol–water partition coefficient (Wildman–Crippen LogP) is 0.0492. The Bertz CT molecular complexity index is 459. The fourth-order valence-corrected chi connectivity index (χ4v) is 1.27. The quantitative estimate of drug-likeness (QED) is 0.382. The van der Waals surface area contributed by atoms with Gasteiger partial charge in [-0.1, -0.05) is 0 Å².